The third kappa shape index (κ3) is 2.50. The molecule has 2 unspecified atom stereocenters. The van der Waals surface area contributed by atoms with Crippen molar-refractivity contribution in [3.05, 3.63) is 40.4 Å². The van der Waals surface area contributed by atoms with Crippen LogP contribution < -0.4 is 5.32 Å². The highest BCUT2D eigenvalue weighted by Crippen LogP contribution is 2.48. The predicted molar refractivity (Wildman–Crippen MR) is 82.9 cm³/mol. The first-order valence-corrected chi connectivity index (χ1v) is 7.75. The SMILES string of the molecule is Cc1ccc(NC(=O)[C@H]2C3C=CC(C3)[C@H]2C(=O)O)cc1Br. The molecule has 2 aliphatic carbocycles. The Morgan fingerprint density at radius 3 is 2.52 bits per heavy atom. The summed E-state index contributed by atoms with van der Waals surface area (Å²) in [5, 5.41) is 12.2. The number of hydrogen-bond acceptors (Lipinski definition) is 2. The molecule has 1 fully saturated rings. The van der Waals surface area contributed by atoms with Crippen molar-refractivity contribution in [3.63, 3.8) is 0 Å². The van der Waals surface area contributed by atoms with Gasteiger partial charge in [0.1, 0.15) is 0 Å². The number of nitrogens with one attached hydrogen (secondary N) is 1. The molecule has 1 aromatic carbocycles. The smallest absolute Gasteiger partial charge is 0.307 e. The number of aryl methyl sites for hydroxylation is 1. The number of fused-ring (bicyclic) bond motifs is 2. The number of anilines is 1. The van der Waals surface area contributed by atoms with E-state index in [1.807, 2.05) is 37.3 Å². The molecule has 1 aromatic rings. The van der Waals surface area contributed by atoms with Gasteiger partial charge in [-0.3, -0.25) is 9.59 Å². The fraction of sp³-hybridized carbons (Fsp3) is 0.375. The molecule has 0 spiro atoms. The van der Waals surface area contributed by atoms with Crippen molar-refractivity contribution in [1.82, 2.24) is 0 Å². The summed E-state index contributed by atoms with van der Waals surface area (Å²) in [6, 6.07) is 5.58. The largest absolute Gasteiger partial charge is 0.481 e. The van der Waals surface area contributed by atoms with Crippen LogP contribution in [0.5, 0.6) is 0 Å². The van der Waals surface area contributed by atoms with Crippen molar-refractivity contribution < 1.29 is 14.7 Å². The molecule has 2 N–H and O–H groups in total. The summed E-state index contributed by atoms with van der Waals surface area (Å²) in [6.07, 6.45) is 4.70. The van der Waals surface area contributed by atoms with E-state index in [0.717, 1.165) is 16.5 Å². The van der Waals surface area contributed by atoms with Gasteiger partial charge in [0.05, 0.1) is 11.8 Å². The number of benzene rings is 1. The summed E-state index contributed by atoms with van der Waals surface area (Å²) in [4.78, 5) is 23.9. The number of halogens is 1. The number of carbonyl (C=O) groups is 2. The molecule has 0 aliphatic heterocycles. The molecule has 1 saturated carbocycles. The molecule has 110 valence electrons. The summed E-state index contributed by atoms with van der Waals surface area (Å²) in [7, 11) is 0. The maximum absolute atomic E-state index is 12.5. The Labute approximate surface area is 131 Å². The van der Waals surface area contributed by atoms with Gasteiger partial charge in [0, 0.05) is 10.2 Å². The molecule has 4 atom stereocenters. The number of rotatable bonds is 3. The number of aliphatic carboxylic acids is 1. The molecule has 0 radical (unpaired) electrons. The fourth-order valence-corrected chi connectivity index (χ4v) is 3.79. The minimum atomic E-state index is -0.878. The zero-order chi connectivity index (χ0) is 15.1. The molecule has 0 aromatic heterocycles. The number of carbonyl (C=O) groups excluding carboxylic acids is 1. The Morgan fingerprint density at radius 2 is 1.90 bits per heavy atom. The lowest BCUT2D eigenvalue weighted by Gasteiger charge is -2.24. The standard InChI is InChI=1S/C16H16BrNO3/c1-8-2-5-11(7-12(8)17)18-15(19)13-9-3-4-10(6-9)14(13)16(20)21/h2-5,7,9-10,13-14H,6H2,1H3,(H,18,19)(H,20,21)/t9?,10?,13-,14+/m0/s1. The first-order valence-electron chi connectivity index (χ1n) is 6.95. The van der Waals surface area contributed by atoms with Crippen LogP contribution in [0, 0.1) is 30.6 Å². The van der Waals surface area contributed by atoms with Gasteiger partial charge >= 0.3 is 5.97 Å². The highest BCUT2D eigenvalue weighted by atomic mass is 79.9. The summed E-state index contributed by atoms with van der Waals surface area (Å²) in [6.45, 7) is 1.97. The lowest BCUT2D eigenvalue weighted by molar-refractivity contribution is -0.146. The maximum Gasteiger partial charge on any atom is 0.307 e. The first-order chi connectivity index (χ1) is 9.97. The minimum Gasteiger partial charge on any atom is -0.481 e. The number of allylic oxidation sites excluding steroid dienone is 2. The maximum atomic E-state index is 12.5. The van der Waals surface area contributed by atoms with E-state index in [9.17, 15) is 14.7 Å². The zero-order valence-electron chi connectivity index (χ0n) is 11.5. The summed E-state index contributed by atoms with van der Waals surface area (Å²) in [5.74, 6) is -2.11. The van der Waals surface area contributed by atoms with Crippen LogP contribution in [0.2, 0.25) is 0 Å². The second kappa shape index (κ2) is 5.30. The average Bonchev–Trinajstić information content (AvgIpc) is 3.03. The lowest BCUT2D eigenvalue weighted by atomic mass is 9.82. The van der Waals surface area contributed by atoms with Crippen LogP contribution in [-0.4, -0.2) is 17.0 Å². The monoisotopic (exact) mass is 349 g/mol. The number of carboxylic acids is 1. The van der Waals surface area contributed by atoms with E-state index in [-0.39, 0.29) is 17.7 Å². The van der Waals surface area contributed by atoms with E-state index in [2.05, 4.69) is 21.2 Å². The third-order valence-electron chi connectivity index (χ3n) is 4.49. The molecule has 5 heteroatoms. The number of amides is 1. The van der Waals surface area contributed by atoms with E-state index >= 15 is 0 Å². The van der Waals surface area contributed by atoms with Gasteiger partial charge < -0.3 is 10.4 Å². The Kier molecular flexibility index (Phi) is 3.61. The molecule has 3 rings (SSSR count). The Hall–Kier alpha value is -1.62. The molecular weight excluding hydrogens is 334 g/mol. The molecule has 0 heterocycles. The Morgan fingerprint density at radius 1 is 1.24 bits per heavy atom. The van der Waals surface area contributed by atoms with Gasteiger partial charge in [-0.15, -0.1) is 0 Å². The van der Waals surface area contributed by atoms with Crippen molar-refractivity contribution in [2.24, 2.45) is 23.7 Å². The second-order valence-electron chi connectivity index (χ2n) is 5.79. The Balaban J connectivity index is 1.80. The second-order valence-corrected chi connectivity index (χ2v) is 6.65. The van der Waals surface area contributed by atoms with Crippen LogP contribution in [-0.2, 0) is 9.59 Å². The van der Waals surface area contributed by atoms with Gasteiger partial charge in [0.15, 0.2) is 0 Å². The molecule has 2 aliphatic rings. The van der Waals surface area contributed by atoms with Crippen LogP contribution in [0.1, 0.15) is 12.0 Å². The first kappa shape index (κ1) is 14.3. The van der Waals surface area contributed by atoms with Gasteiger partial charge in [-0.2, -0.15) is 0 Å². The van der Waals surface area contributed by atoms with E-state index in [0.29, 0.717) is 5.69 Å². The van der Waals surface area contributed by atoms with E-state index in [1.165, 1.54) is 0 Å². The lowest BCUT2D eigenvalue weighted by Crippen LogP contribution is -2.36. The van der Waals surface area contributed by atoms with E-state index in [1.54, 1.807) is 0 Å². The van der Waals surface area contributed by atoms with E-state index < -0.39 is 17.8 Å². The van der Waals surface area contributed by atoms with Gasteiger partial charge in [0.2, 0.25) is 5.91 Å². The number of carboxylic acid groups (broad SMARTS) is 1. The van der Waals surface area contributed by atoms with Crippen LogP contribution in [0.15, 0.2) is 34.8 Å². The van der Waals surface area contributed by atoms with Crippen molar-refractivity contribution in [2.45, 2.75) is 13.3 Å². The van der Waals surface area contributed by atoms with Gasteiger partial charge in [-0.25, -0.2) is 0 Å². The van der Waals surface area contributed by atoms with Gasteiger partial charge in [-0.1, -0.05) is 34.1 Å². The normalized spacial score (nSPS) is 29.6. The predicted octanol–water partition coefficient (Wildman–Crippen LogP) is 3.22. The van der Waals surface area contributed by atoms with Crippen LogP contribution >= 0.6 is 15.9 Å². The van der Waals surface area contributed by atoms with Crippen molar-refractivity contribution >= 4 is 33.5 Å². The summed E-state index contributed by atoms with van der Waals surface area (Å²) < 4.78 is 0.919. The van der Waals surface area contributed by atoms with E-state index in [4.69, 9.17) is 0 Å². The zero-order valence-corrected chi connectivity index (χ0v) is 13.1. The third-order valence-corrected chi connectivity index (χ3v) is 5.34. The summed E-state index contributed by atoms with van der Waals surface area (Å²) >= 11 is 3.43. The van der Waals surface area contributed by atoms with Crippen LogP contribution in [0.3, 0.4) is 0 Å². The van der Waals surface area contributed by atoms with Gasteiger partial charge in [0.25, 0.3) is 0 Å². The molecular formula is C16H16BrNO3. The topological polar surface area (TPSA) is 66.4 Å². The molecule has 21 heavy (non-hydrogen) atoms. The highest BCUT2D eigenvalue weighted by Gasteiger charge is 2.51. The molecule has 2 bridgehead atoms. The van der Waals surface area contributed by atoms with Crippen LogP contribution in [0.4, 0.5) is 5.69 Å². The Bertz CT molecular complexity index is 640. The number of hydrogen-bond donors (Lipinski definition) is 2. The van der Waals surface area contributed by atoms with Crippen molar-refractivity contribution in [2.75, 3.05) is 5.32 Å². The quantitative estimate of drug-likeness (QED) is 0.823. The summed E-state index contributed by atoms with van der Waals surface area (Å²) in [5.41, 5.74) is 1.77. The van der Waals surface area contributed by atoms with Crippen molar-refractivity contribution in [1.29, 1.82) is 0 Å². The molecule has 4 nitrogen and oxygen atoms in total. The highest BCUT2D eigenvalue weighted by molar-refractivity contribution is 9.10. The van der Waals surface area contributed by atoms with Crippen molar-refractivity contribution in [3.8, 4) is 0 Å². The van der Waals surface area contributed by atoms with Gasteiger partial charge in [-0.05, 0) is 42.9 Å². The minimum absolute atomic E-state index is 0.00648. The average molecular weight is 350 g/mol. The fourth-order valence-electron chi connectivity index (χ4n) is 3.41. The molecule has 1 amide bonds. The van der Waals surface area contributed by atoms with Crippen LogP contribution in [0.25, 0.3) is 0 Å². The molecule has 0 saturated heterocycles.